The van der Waals surface area contributed by atoms with E-state index in [0.717, 1.165) is 11.5 Å². The fraction of sp³-hybridized carbons (Fsp3) is 0.200. The minimum absolute atomic E-state index is 0.116. The van der Waals surface area contributed by atoms with Gasteiger partial charge in [0.1, 0.15) is 18.1 Å². The number of benzene rings is 1. The van der Waals surface area contributed by atoms with E-state index in [-0.39, 0.29) is 6.10 Å². The second-order valence-corrected chi connectivity index (χ2v) is 2.70. The Morgan fingerprint density at radius 1 is 1.33 bits per heavy atom. The van der Waals surface area contributed by atoms with Gasteiger partial charge in [-0.2, -0.15) is 0 Å². The maximum absolute atomic E-state index is 5.41. The van der Waals surface area contributed by atoms with Gasteiger partial charge in [-0.25, -0.2) is 0 Å². The Morgan fingerprint density at radius 2 is 2.00 bits per heavy atom. The Kier molecular flexibility index (Phi) is 1.74. The Morgan fingerprint density at radius 3 is 2.58 bits per heavy atom. The first-order chi connectivity index (χ1) is 5.86. The summed E-state index contributed by atoms with van der Waals surface area (Å²) in [7, 11) is 0. The molecule has 0 spiro atoms. The molecule has 1 unspecified atom stereocenters. The van der Waals surface area contributed by atoms with Crippen LogP contribution in [-0.4, -0.2) is 12.7 Å². The Bertz CT molecular complexity index is 279. The maximum Gasteiger partial charge on any atom is 0.188 e. The summed E-state index contributed by atoms with van der Waals surface area (Å²) >= 11 is 0. The van der Waals surface area contributed by atoms with Gasteiger partial charge in [0.05, 0.1) is 0 Å². The molecule has 0 aromatic heterocycles. The van der Waals surface area contributed by atoms with Gasteiger partial charge in [-0.3, -0.25) is 0 Å². The number of para-hydroxylation sites is 1. The van der Waals surface area contributed by atoms with E-state index in [1.807, 2.05) is 30.3 Å². The zero-order chi connectivity index (χ0) is 8.39. The first kappa shape index (κ1) is 7.22. The SMILES string of the molecule is C=C1OC1COc1ccccc1. The zero-order valence-corrected chi connectivity index (χ0v) is 6.69. The third-order valence-corrected chi connectivity index (χ3v) is 1.74. The summed E-state index contributed by atoms with van der Waals surface area (Å²) in [6.07, 6.45) is 0.116. The van der Waals surface area contributed by atoms with E-state index < -0.39 is 0 Å². The lowest BCUT2D eigenvalue weighted by Gasteiger charge is -2.01. The van der Waals surface area contributed by atoms with Gasteiger partial charge in [-0.1, -0.05) is 24.8 Å². The highest BCUT2D eigenvalue weighted by Crippen LogP contribution is 2.25. The van der Waals surface area contributed by atoms with Gasteiger partial charge in [-0.15, -0.1) is 0 Å². The summed E-state index contributed by atoms with van der Waals surface area (Å²) in [5.74, 6) is 1.70. The topological polar surface area (TPSA) is 21.8 Å². The molecule has 0 N–H and O–H groups in total. The molecule has 0 radical (unpaired) electrons. The van der Waals surface area contributed by atoms with E-state index in [9.17, 15) is 0 Å². The normalized spacial score (nSPS) is 20.0. The van der Waals surface area contributed by atoms with Crippen LogP contribution >= 0.6 is 0 Å². The number of hydrogen-bond donors (Lipinski definition) is 0. The Balaban J connectivity index is 1.84. The van der Waals surface area contributed by atoms with Gasteiger partial charge >= 0.3 is 0 Å². The minimum atomic E-state index is 0.116. The molecule has 62 valence electrons. The summed E-state index contributed by atoms with van der Waals surface area (Å²) in [5.41, 5.74) is 0. The van der Waals surface area contributed by atoms with Crippen molar-refractivity contribution in [2.75, 3.05) is 6.61 Å². The van der Waals surface area contributed by atoms with Gasteiger partial charge in [0, 0.05) is 0 Å². The molecule has 1 aromatic rings. The van der Waals surface area contributed by atoms with Crippen LogP contribution in [0, 0.1) is 0 Å². The van der Waals surface area contributed by atoms with Crippen molar-refractivity contribution >= 4 is 0 Å². The van der Waals surface area contributed by atoms with Crippen molar-refractivity contribution in [3.63, 3.8) is 0 Å². The zero-order valence-electron chi connectivity index (χ0n) is 6.69. The monoisotopic (exact) mass is 162 g/mol. The fourth-order valence-electron chi connectivity index (χ4n) is 0.964. The lowest BCUT2D eigenvalue weighted by molar-refractivity contribution is 0.264. The van der Waals surface area contributed by atoms with Gasteiger partial charge in [-0.05, 0) is 12.1 Å². The summed E-state index contributed by atoms with van der Waals surface area (Å²) in [6, 6.07) is 9.69. The van der Waals surface area contributed by atoms with Crippen molar-refractivity contribution in [2.45, 2.75) is 6.10 Å². The molecule has 2 nitrogen and oxygen atoms in total. The molecule has 0 amide bonds. The Hall–Kier alpha value is -1.44. The van der Waals surface area contributed by atoms with Crippen molar-refractivity contribution in [1.82, 2.24) is 0 Å². The molecule has 1 saturated heterocycles. The van der Waals surface area contributed by atoms with Gasteiger partial charge in [0.25, 0.3) is 0 Å². The molecule has 1 atom stereocenters. The second-order valence-electron chi connectivity index (χ2n) is 2.70. The third kappa shape index (κ3) is 1.59. The van der Waals surface area contributed by atoms with Crippen LogP contribution < -0.4 is 4.74 Å². The van der Waals surface area contributed by atoms with Gasteiger partial charge in [0.15, 0.2) is 6.10 Å². The van der Waals surface area contributed by atoms with E-state index >= 15 is 0 Å². The number of rotatable bonds is 3. The van der Waals surface area contributed by atoms with Crippen LogP contribution in [0.5, 0.6) is 5.75 Å². The van der Waals surface area contributed by atoms with E-state index in [2.05, 4.69) is 6.58 Å². The first-order valence-electron chi connectivity index (χ1n) is 3.89. The molecular weight excluding hydrogens is 152 g/mol. The highest BCUT2D eigenvalue weighted by Gasteiger charge is 2.30. The predicted molar refractivity (Wildman–Crippen MR) is 46.0 cm³/mol. The lowest BCUT2D eigenvalue weighted by atomic mass is 10.3. The molecular formula is C10H10O2. The van der Waals surface area contributed by atoms with Gasteiger partial charge in [0.2, 0.25) is 0 Å². The summed E-state index contributed by atoms with van der Waals surface area (Å²) in [4.78, 5) is 0. The predicted octanol–water partition coefficient (Wildman–Crippen LogP) is 1.98. The third-order valence-electron chi connectivity index (χ3n) is 1.74. The standard InChI is InChI=1S/C10H10O2/c1-8-10(12-8)7-11-9-5-3-2-4-6-9/h2-6,10H,1,7H2. The summed E-state index contributed by atoms with van der Waals surface area (Å²) < 4.78 is 10.4. The molecule has 2 rings (SSSR count). The summed E-state index contributed by atoms with van der Waals surface area (Å²) in [5, 5.41) is 0. The number of epoxide rings is 1. The highest BCUT2D eigenvalue weighted by atomic mass is 16.6. The van der Waals surface area contributed by atoms with Crippen LogP contribution in [0.4, 0.5) is 0 Å². The molecule has 1 aromatic carbocycles. The molecule has 1 aliphatic heterocycles. The number of hydrogen-bond acceptors (Lipinski definition) is 2. The van der Waals surface area contributed by atoms with E-state index in [4.69, 9.17) is 9.47 Å². The van der Waals surface area contributed by atoms with Gasteiger partial charge < -0.3 is 9.47 Å². The number of ether oxygens (including phenoxy) is 2. The van der Waals surface area contributed by atoms with E-state index in [1.54, 1.807) is 0 Å². The first-order valence-corrected chi connectivity index (χ1v) is 3.89. The molecule has 0 bridgehead atoms. The molecule has 0 saturated carbocycles. The lowest BCUT2D eigenvalue weighted by Crippen LogP contribution is -2.03. The van der Waals surface area contributed by atoms with Crippen LogP contribution in [0.25, 0.3) is 0 Å². The molecule has 12 heavy (non-hydrogen) atoms. The average molecular weight is 162 g/mol. The molecule has 1 heterocycles. The van der Waals surface area contributed by atoms with Crippen LogP contribution in [0.1, 0.15) is 0 Å². The van der Waals surface area contributed by atoms with Crippen molar-refractivity contribution in [3.05, 3.63) is 42.7 Å². The van der Waals surface area contributed by atoms with Crippen molar-refractivity contribution in [1.29, 1.82) is 0 Å². The fourth-order valence-corrected chi connectivity index (χ4v) is 0.964. The van der Waals surface area contributed by atoms with Crippen molar-refractivity contribution in [3.8, 4) is 5.75 Å². The quantitative estimate of drug-likeness (QED) is 0.634. The van der Waals surface area contributed by atoms with E-state index in [0.29, 0.717) is 6.61 Å². The van der Waals surface area contributed by atoms with Crippen molar-refractivity contribution in [2.24, 2.45) is 0 Å². The highest BCUT2D eigenvalue weighted by molar-refractivity contribution is 5.21. The van der Waals surface area contributed by atoms with Crippen molar-refractivity contribution < 1.29 is 9.47 Å². The van der Waals surface area contributed by atoms with Crippen LogP contribution in [-0.2, 0) is 4.74 Å². The largest absolute Gasteiger partial charge is 0.489 e. The van der Waals surface area contributed by atoms with Crippen LogP contribution in [0.3, 0.4) is 0 Å². The molecule has 0 aliphatic carbocycles. The Labute approximate surface area is 71.4 Å². The molecule has 1 fully saturated rings. The molecule has 2 heteroatoms. The maximum atomic E-state index is 5.41. The second kappa shape index (κ2) is 2.89. The minimum Gasteiger partial charge on any atom is -0.489 e. The van der Waals surface area contributed by atoms with E-state index in [1.165, 1.54) is 0 Å². The van der Waals surface area contributed by atoms with Crippen LogP contribution in [0.15, 0.2) is 42.7 Å². The smallest absolute Gasteiger partial charge is 0.188 e. The van der Waals surface area contributed by atoms with Crippen LogP contribution in [0.2, 0.25) is 0 Å². The molecule has 1 aliphatic rings. The summed E-state index contributed by atoms with van der Waals surface area (Å²) in [6.45, 7) is 4.23. The average Bonchev–Trinajstić information content (AvgIpc) is 2.81.